The third-order valence-electron chi connectivity index (χ3n) is 21.6. The molecule has 4 amide bonds. The number of ether oxygens (including phenoxy) is 5. The first kappa shape index (κ1) is 130. The Hall–Kier alpha value is -14.3. The number of nitrogens with one attached hydrogen (secondary N) is 4. The van der Waals surface area contributed by atoms with Crippen molar-refractivity contribution >= 4 is 89.7 Å². The van der Waals surface area contributed by atoms with E-state index in [9.17, 15) is 92.3 Å². The number of carbonyl (C=O) groups is 10. The second kappa shape index (κ2) is 55.3. The number of aromatic hydroxyl groups is 1. The number of pyridine rings is 2. The van der Waals surface area contributed by atoms with Crippen molar-refractivity contribution in [3.05, 3.63) is 303 Å². The Kier molecular flexibility index (Phi) is 47.9. The van der Waals surface area contributed by atoms with Crippen LogP contribution in [0.5, 0.6) is 11.5 Å². The Morgan fingerprint density at radius 3 is 0.867 bits per heavy atom. The maximum Gasteiger partial charge on any atom is 0.762 e. The molecule has 0 aliphatic carbocycles. The molecule has 36 heteroatoms. The van der Waals surface area contributed by atoms with Gasteiger partial charge in [-0.25, -0.2) is 55.1 Å². The van der Waals surface area contributed by atoms with Crippen molar-refractivity contribution < 1.29 is 136 Å². The van der Waals surface area contributed by atoms with Crippen molar-refractivity contribution in [3.8, 4) is 11.5 Å². The number of aromatic carboxylic acids is 4. The van der Waals surface area contributed by atoms with Crippen molar-refractivity contribution in [3.63, 3.8) is 0 Å². The largest absolute Gasteiger partial charge is 0.762 e. The summed E-state index contributed by atoms with van der Waals surface area (Å²) >= 11 is 0. The molecule has 0 unspecified atom stereocenters. The zero-order valence-corrected chi connectivity index (χ0v) is 91.6. The van der Waals surface area contributed by atoms with Crippen LogP contribution in [0.4, 0.5) is 62.0 Å². The van der Waals surface area contributed by atoms with Crippen molar-refractivity contribution in [1.82, 2.24) is 9.97 Å². The summed E-state index contributed by atoms with van der Waals surface area (Å²) in [6.07, 6.45) is 0. The molecule has 0 bridgehead atoms. The minimum atomic E-state index is -3.67. The van der Waals surface area contributed by atoms with E-state index in [1.165, 1.54) is 31.4 Å². The van der Waals surface area contributed by atoms with Crippen molar-refractivity contribution in [2.75, 3.05) is 61.6 Å². The number of carboxylic acid groups (broad SMARTS) is 4. The molecular weight excluding hydrogens is 1960 g/mol. The Labute approximate surface area is 873 Å². The van der Waals surface area contributed by atoms with Gasteiger partial charge in [-0.05, 0) is 243 Å². The van der Waals surface area contributed by atoms with Crippen LogP contribution in [0.1, 0.15) is 365 Å². The predicted molar refractivity (Wildman–Crippen MR) is 565 cm³/mol. The van der Waals surface area contributed by atoms with Crippen LogP contribution in [0, 0.1) is 62.6 Å². The highest BCUT2D eigenvalue weighted by atomic mass is 19.4. The average molecular weight is 2100 g/mol. The van der Waals surface area contributed by atoms with Gasteiger partial charge in [-0.3, -0.25) is 42.1 Å². The first-order valence-electron chi connectivity index (χ1n) is 47.8. The lowest BCUT2D eigenvalue weighted by atomic mass is 9.79. The number of carbonyl (C=O) groups excluding carboxylic acids is 6. The third kappa shape index (κ3) is 41.0. The van der Waals surface area contributed by atoms with Crippen molar-refractivity contribution in [1.29, 1.82) is 0 Å². The molecule has 26 nitrogen and oxygen atoms in total. The smallest absolute Gasteiger partial charge is 0.507 e. The van der Waals surface area contributed by atoms with Crippen LogP contribution < -0.4 is 26.0 Å². The number of anilines is 4. The van der Waals surface area contributed by atoms with Gasteiger partial charge in [0.2, 0.25) is 0 Å². The van der Waals surface area contributed by atoms with Crippen LogP contribution in [0.2, 0.25) is 0 Å². The summed E-state index contributed by atoms with van der Waals surface area (Å²) in [6.45, 7) is 65.2. The van der Waals surface area contributed by atoms with Gasteiger partial charge < -0.3 is 70.5 Å². The molecule has 2 aromatic heterocycles. The number of hydrogen-bond acceptors (Lipinski definition) is 18. The van der Waals surface area contributed by atoms with Gasteiger partial charge in [0.1, 0.15) is 57.5 Å². The number of phenolic OH excluding ortho intramolecular Hbond substituents is 1. The van der Waals surface area contributed by atoms with Gasteiger partial charge >= 0.3 is 43.4 Å². The number of nitrogens with zero attached hydrogens (tertiary/aromatic N) is 2. The second-order valence-electron chi connectivity index (χ2n) is 42.9. The number of halogens is 9. The fourth-order valence-electron chi connectivity index (χ4n) is 13.3. The monoisotopic (exact) mass is 2100 g/mol. The van der Waals surface area contributed by atoms with Gasteiger partial charge in [0.25, 0.3) is 23.6 Å². The number of aromatic nitrogens is 2. The van der Waals surface area contributed by atoms with E-state index in [1.54, 1.807) is 94.4 Å². The van der Waals surface area contributed by atoms with E-state index in [4.69, 9.17) is 44.1 Å². The summed E-state index contributed by atoms with van der Waals surface area (Å²) in [5, 5.41) is 56.0. The van der Waals surface area contributed by atoms with E-state index in [-0.39, 0.29) is 109 Å². The Bertz CT molecular complexity index is 6050. The SMILES string of the molecule is CC(C)(C)c1cc(C(=O)Nc2cc(F)c(C(=O)O)c(F)c2)cc(C(C)(C)C)c1.CC(C)(C)c1cc(C(=O)Nc2cc(F)c(C(=O)O)c(F)c2)cc(C(C)(C)C)n1.CC(C)(C)c1cc(C(=O)O)cc(C(C)(C)C)c1.CC(C)(C)c1cc(C(=O)O)cc(C(C)(C)C)n1.CCOC(=O)c1ccc(NC(=O)c2cc(C)cc(C)c2O)cc1F.CCOC(=O)c1ccc(NC(=O)c2cc(C)cc(C)c2OCOC)cc1F.CCOCC.FB(F)F. The average Bonchev–Trinajstić information content (AvgIpc) is 0.796. The lowest BCUT2D eigenvalue weighted by Gasteiger charge is -2.26. The normalized spacial score (nSPS) is 11.3. The molecular formula is C114H142BF9N6O20. The summed E-state index contributed by atoms with van der Waals surface area (Å²) in [5.74, 6) is -15.1. The summed E-state index contributed by atoms with van der Waals surface area (Å²) in [7, 11) is -2.18. The van der Waals surface area contributed by atoms with Gasteiger partial charge in [-0.15, -0.1) is 0 Å². The fraction of sp³-hybridized carbons (Fsp3) is 0.404. The molecule has 10 aromatic rings. The number of phenols is 1. The Balaban J connectivity index is 0.000000458. The summed E-state index contributed by atoms with van der Waals surface area (Å²) in [4.78, 5) is 127. The fourth-order valence-corrected chi connectivity index (χ4v) is 13.3. The van der Waals surface area contributed by atoms with E-state index in [0.717, 1.165) is 99.9 Å². The standard InChI is InChI=1S/C22H25F2NO3.C21H24F2N2O3.C20H22FNO5.C18H18FNO4.C15H22O2.C14H21NO2.C4H10O.BF3/c1-21(2,3)13-7-12(8-14(9-13)22(4,5)6)19(26)25-15-10-16(23)18(20(27)28)17(24)11-15;1-20(2,3)15-7-11(8-16(25-15)21(4,5)6)18(26)24-12-9-13(22)17(19(27)28)14(23)10-12;1-5-26-20(24)15-7-6-14(10-17(15)21)22-19(23)16-9-12(2)8-13(3)18(16)27-11-25-4;1-4-24-18(23)13-6-5-12(9-15(13)19)20-17(22)14-8-10(2)7-11(3)16(14)21;1-14(2,3)11-7-10(13(16)17)8-12(9-11)15(4,5)6;1-13(2,3)10-7-9(12(16)17)8-11(15-10)14(4,5)6;1-3-5-4-2;2-1(3)4/h7-11H,1-6H3,(H,25,26)(H,27,28);7-10H,1-6H3,(H,24,26)(H,27,28);6-10H,5,11H2,1-4H3,(H,22,23);5-9,21H,4H2,1-3H3,(H,20,22);7-9H,1-6H3,(H,16,17);7-8H,1-6H3,(H,16,17);3-4H2,1-2H3;. The topological polar surface area (TPSA) is 392 Å². The van der Waals surface area contributed by atoms with Crippen LogP contribution in [0.25, 0.3) is 0 Å². The Morgan fingerprint density at radius 1 is 0.320 bits per heavy atom. The molecule has 814 valence electrons. The lowest BCUT2D eigenvalue weighted by molar-refractivity contribution is 0.0496. The zero-order valence-electron chi connectivity index (χ0n) is 91.6. The number of methoxy groups -OCH3 is 1. The van der Waals surface area contributed by atoms with E-state index in [2.05, 4.69) is 84.9 Å². The molecule has 0 radical (unpaired) electrons. The number of benzene rings is 8. The summed E-state index contributed by atoms with van der Waals surface area (Å²) in [5.41, 5.74) is 8.12. The van der Waals surface area contributed by atoms with Crippen LogP contribution in [0.3, 0.4) is 0 Å². The van der Waals surface area contributed by atoms with Crippen LogP contribution in [0.15, 0.2) is 146 Å². The van der Waals surface area contributed by atoms with Gasteiger partial charge in [0.05, 0.1) is 46.6 Å². The molecule has 0 saturated carbocycles. The number of amides is 4. The molecule has 0 aliphatic rings. The van der Waals surface area contributed by atoms with Crippen LogP contribution in [-0.4, -0.2) is 143 Å². The lowest BCUT2D eigenvalue weighted by Crippen LogP contribution is -2.23. The van der Waals surface area contributed by atoms with Gasteiger partial charge in [-0.1, -0.05) is 190 Å². The highest BCUT2D eigenvalue weighted by Crippen LogP contribution is 2.37. The van der Waals surface area contributed by atoms with Gasteiger partial charge in [0.15, 0.2) is 6.79 Å². The molecule has 0 atom stereocenters. The van der Waals surface area contributed by atoms with E-state index < -0.39 is 113 Å². The molecule has 0 aliphatic heterocycles. The van der Waals surface area contributed by atoms with E-state index in [1.807, 2.05) is 158 Å². The first-order valence-corrected chi connectivity index (χ1v) is 47.8. The van der Waals surface area contributed by atoms with E-state index in [0.29, 0.717) is 50.5 Å². The molecule has 150 heavy (non-hydrogen) atoms. The number of aryl methyl sites for hydroxylation is 4. The van der Waals surface area contributed by atoms with E-state index >= 15 is 0 Å². The molecule has 0 fully saturated rings. The molecule has 2 heterocycles. The molecule has 10 rings (SSSR count). The maximum absolute atomic E-state index is 14.2. The number of esters is 2. The van der Waals surface area contributed by atoms with Crippen molar-refractivity contribution in [2.45, 2.75) is 265 Å². The quantitative estimate of drug-likeness (QED) is 0.0140. The summed E-state index contributed by atoms with van der Waals surface area (Å²) in [6, 6.07) is 35.3. The van der Waals surface area contributed by atoms with Crippen molar-refractivity contribution in [2.24, 2.45) is 0 Å². The predicted octanol–water partition coefficient (Wildman–Crippen LogP) is 27.1. The molecule has 9 N–H and O–H groups in total. The van der Waals surface area contributed by atoms with Gasteiger partial charge in [-0.2, -0.15) is 0 Å². The number of rotatable bonds is 21. The molecule has 8 aromatic carbocycles. The number of hydrogen-bond donors (Lipinski definition) is 9. The molecule has 0 spiro atoms. The summed E-state index contributed by atoms with van der Waals surface area (Å²) < 4.78 is 137. The maximum atomic E-state index is 14.2. The van der Waals surface area contributed by atoms with Crippen LogP contribution in [-0.2, 0) is 62.3 Å². The highest BCUT2D eigenvalue weighted by molar-refractivity contribution is 6.33. The minimum absolute atomic E-state index is 0.00690. The third-order valence-corrected chi connectivity index (χ3v) is 21.6. The van der Waals surface area contributed by atoms with Gasteiger partial charge in [0, 0.05) is 98.6 Å². The minimum Gasteiger partial charge on any atom is -0.507 e. The first-order chi connectivity index (χ1) is 68.8. The second-order valence-corrected chi connectivity index (χ2v) is 42.9. The highest BCUT2D eigenvalue weighted by Gasteiger charge is 2.32. The zero-order chi connectivity index (χ0) is 115. The number of carboxylic acids is 4. The molecule has 0 saturated heterocycles. The Morgan fingerprint density at radius 2 is 0.593 bits per heavy atom. The van der Waals surface area contributed by atoms with Crippen LogP contribution >= 0.6 is 0 Å².